The SMILES string of the molecule is CN1CC(CN)CC1c1cc2c(cc1Br)OCCCO2. The Kier molecular flexibility index (Phi) is 4.19. The van der Waals surface area contributed by atoms with Crippen molar-refractivity contribution in [2.75, 3.05) is 33.4 Å². The van der Waals surface area contributed by atoms with Gasteiger partial charge in [-0.15, -0.1) is 0 Å². The van der Waals surface area contributed by atoms with Crippen LogP contribution in [0.2, 0.25) is 0 Å². The fourth-order valence-corrected chi connectivity index (χ4v) is 3.68. The van der Waals surface area contributed by atoms with Crippen LogP contribution in [0.3, 0.4) is 0 Å². The maximum atomic E-state index is 5.82. The highest BCUT2D eigenvalue weighted by atomic mass is 79.9. The van der Waals surface area contributed by atoms with Gasteiger partial charge in [-0.05, 0) is 43.6 Å². The fourth-order valence-electron chi connectivity index (χ4n) is 3.09. The number of nitrogens with zero attached hydrogens (tertiary/aromatic N) is 1. The van der Waals surface area contributed by atoms with Gasteiger partial charge in [0.05, 0.1) is 13.2 Å². The summed E-state index contributed by atoms with van der Waals surface area (Å²) in [5, 5.41) is 0. The first-order chi connectivity index (χ1) is 9.69. The molecule has 0 aliphatic carbocycles. The molecule has 2 N–H and O–H groups in total. The van der Waals surface area contributed by atoms with Gasteiger partial charge in [-0.1, -0.05) is 15.9 Å². The molecule has 2 aliphatic rings. The predicted molar refractivity (Wildman–Crippen MR) is 82.3 cm³/mol. The zero-order valence-electron chi connectivity index (χ0n) is 11.8. The van der Waals surface area contributed by atoms with Crippen LogP contribution in [-0.2, 0) is 0 Å². The number of hydrogen-bond donors (Lipinski definition) is 1. The van der Waals surface area contributed by atoms with Gasteiger partial charge in [0.25, 0.3) is 0 Å². The molecule has 0 radical (unpaired) electrons. The predicted octanol–water partition coefficient (Wildman–Crippen LogP) is 2.56. The van der Waals surface area contributed by atoms with E-state index in [0.29, 0.717) is 12.0 Å². The summed E-state index contributed by atoms with van der Waals surface area (Å²) in [6.07, 6.45) is 2.03. The van der Waals surface area contributed by atoms with Crippen LogP contribution in [0.15, 0.2) is 16.6 Å². The van der Waals surface area contributed by atoms with E-state index >= 15 is 0 Å². The molecular weight excluding hydrogens is 320 g/mol. The van der Waals surface area contributed by atoms with Crippen LogP contribution in [0.25, 0.3) is 0 Å². The van der Waals surface area contributed by atoms with Crippen LogP contribution < -0.4 is 15.2 Å². The summed E-state index contributed by atoms with van der Waals surface area (Å²) in [5.41, 5.74) is 7.09. The van der Waals surface area contributed by atoms with Crippen molar-refractivity contribution in [3.8, 4) is 11.5 Å². The number of rotatable bonds is 2. The Bertz CT molecular complexity index is 495. The Hall–Kier alpha value is -0.780. The lowest BCUT2D eigenvalue weighted by atomic mass is 9.99. The fraction of sp³-hybridized carbons (Fsp3) is 0.600. The molecule has 0 aromatic heterocycles. The van der Waals surface area contributed by atoms with Gasteiger partial charge in [-0.25, -0.2) is 0 Å². The average Bonchev–Trinajstić information content (AvgIpc) is 2.66. The maximum absolute atomic E-state index is 5.82. The second kappa shape index (κ2) is 5.92. The largest absolute Gasteiger partial charge is 0.490 e. The van der Waals surface area contributed by atoms with Gasteiger partial charge >= 0.3 is 0 Å². The zero-order chi connectivity index (χ0) is 14.1. The molecule has 0 bridgehead atoms. The van der Waals surface area contributed by atoms with E-state index in [-0.39, 0.29) is 0 Å². The van der Waals surface area contributed by atoms with Gasteiger partial charge in [-0.3, -0.25) is 4.90 Å². The molecular formula is C15H21BrN2O2. The monoisotopic (exact) mass is 340 g/mol. The third kappa shape index (κ3) is 2.67. The second-order valence-corrected chi connectivity index (χ2v) is 6.52. The molecule has 2 unspecified atom stereocenters. The van der Waals surface area contributed by atoms with Gasteiger partial charge in [-0.2, -0.15) is 0 Å². The number of likely N-dealkylation sites (tertiary alicyclic amines) is 1. The Labute approximate surface area is 128 Å². The quantitative estimate of drug-likeness (QED) is 0.898. The average molecular weight is 341 g/mol. The first kappa shape index (κ1) is 14.2. The van der Waals surface area contributed by atoms with Gasteiger partial charge in [0, 0.05) is 23.5 Å². The molecule has 2 heterocycles. The van der Waals surface area contributed by atoms with E-state index in [0.717, 1.165) is 55.1 Å². The van der Waals surface area contributed by atoms with Crippen LogP contribution in [0.1, 0.15) is 24.4 Å². The van der Waals surface area contributed by atoms with Gasteiger partial charge < -0.3 is 15.2 Å². The molecule has 5 heteroatoms. The topological polar surface area (TPSA) is 47.7 Å². The highest BCUT2D eigenvalue weighted by Gasteiger charge is 2.31. The van der Waals surface area contributed by atoms with E-state index in [1.165, 1.54) is 5.56 Å². The maximum Gasteiger partial charge on any atom is 0.162 e. The minimum atomic E-state index is 0.398. The molecule has 4 nitrogen and oxygen atoms in total. The van der Waals surface area contributed by atoms with Crippen LogP contribution in [0.5, 0.6) is 11.5 Å². The molecule has 3 rings (SSSR count). The lowest BCUT2D eigenvalue weighted by Gasteiger charge is -2.22. The molecule has 1 fully saturated rings. The summed E-state index contributed by atoms with van der Waals surface area (Å²) in [5.74, 6) is 2.28. The molecule has 110 valence electrons. The molecule has 20 heavy (non-hydrogen) atoms. The minimum absolute atomic E-state index is 0.398. The molecule has 2 aliphatic heterocycles. The van der Waals surface area contributed by atoms with E-state index in [2.05, 4.69) is 33.9 Å². The summed E-state index contributed by atoms with van der Waals surface area (Å²) in [7, 11) is 2.16. The van der Waals surface area contributed by atoms with E-state index in [1.54, 1.807) is 0 Å². The molecule has 0 saturated carbocycles. The summed E-state index contributed by atoms with van der Waals surface area (Å²) < 4.78 is 12.6. The van der Waals surface area contributed by atoms with Gasteiger partial charge in [0.1, 0.15) is 0 Å². The molecule has 1 aromatic carbocycles. The first-order valence-corrected chi connectivity index (χ1v) is 7.97. The van der Waals surface area contributed by atoms with E-state index in [9.17, 15) is 0 Å². The van der Waals surface area contributed by atoms with Crippen molar-refractivity contribution in [1.82, 2.24) is 4.90 Å². The van der Waals surface area contributed by atoms with Gasteiger partial charge in [0.15, 0.2) is 11.5 Å². The van der Waals surface area contributed by atoms with Crippen molar-refractivity contribution in [2.45, 2.75) is 18.9 Å². The Balaban J connectivity index is 1.92. The molecule has 0 amide bonds. The molecule has 0 spiro atoms. The van der Waals surface area contributed by atoms with Crippen LogP contribution in [0, 0.1) is 5.92 Å². The highest BCUT2D eigenvalue weighted by molar-refractivity contribution is 9.10. The summed E-state index contributed by atoms with van der Waals surface area (Å²) >= 11 is 3.69. The zero-order valence-corrected chi connectivity index (χ0v) is 13.4. The van der Waals surface area contributed by atoms with Crippen molar-refractivity contribution >= 4 is 15.9 Å². The summed E-state index contributed by atoms with van der Waals surface area (Å²) in [6.45, 7) is 3.25. The number of fused-ring (bicyclic) bond motifs is 1. The Morgan fingerprint density at radius 1 is 1.30 bits per heavy atom. The van der Waals surface area contributed by atoms with Crippen molar-refractivity contribution in [2.24, 2.45) is 11.7 Å². The van der Waals surface area contributed by atoms with Crippen molar-refractivity contribution in [3.63, 3.8) is 0 Å². The molecule has 2 atom stereocenters. The van der Waals surface area contributed by atoms with Gasteiger partial charge in [0.2, 0.25) is 0 Å². The number of hydrogen-bond acceptors (Lipinski definition) is 4. The number of nitrogens with two attached hydrogens (primary N) is 1. The van der Waals surface area contributed by atoms with Crippen molar-refractivity contribution < 1.29 is 9.47 Å². The number of ether oxygens (including phenoxy) is 2. The first-order valence-electron chi connectivity index (χ1n) is 7.18. The van der Waals surface area contributed by atoms with E-state index in [4.69, 9.17) is 15.2 Å². The van der Waals surface area contributed by atoms with Crippen LogP contribution in [-0.4, -0.2) is 38.3 Å². The minimum Gasteiger partial charge on any atom is -0.490 e. The third-order valence-corrected chi connectivity index (χ3v) is 4.88. The lowest BCUT2D eigenvalue weighted by Crippen LogP contribution is -2.20. The van der Waals surface area contributed by atoms with Crippen LogP contribution in [0.4, 0.5) is 0 Å². The third-order valence-electron chi connectivity index (χ3n) is 4.19. The highest BCUT2D eigenvalue weighted by Crippen LogP contribution is 2.42. The summed E-state index contributed by atoms with van der Waals surface area (Å²) in [4.78, 5) is 2.38. The van der Waals surface area contributed by atoms with Crippen molar-refractivity contribution in [1.29, 1.82) is 0 Å². The van der Waals surface area contributed by atoms with Crippen LogP contribution >= 0.6 is 15.9 Å². The smallest absolute Gasteiger partial charge is 0.162 e. The Morgan fingerprint density at radius 2 is 2.00 bits per heavy atom. The summed E-state index contributed by atoms with van der Waals surface area (Å²) in [6, 6.07) is 4.57. The number of halogens is 1. The van der Waals surface area contributed by atoms with E-state index < -0.39 is 0 Å². The second-order valence-electron chi connectivity index (χ2n) is 5.66. The van der Waals surface area contributed by atoms with Crippen molar-refractivity contribution in [3.05, 3.63) is 22.2 Å². The normalized spacial score (nSPS) is 26.6. The standard InChI is InChI=1S/C15H21BrN2O2/c1-18-9-10(8-17)5-13(18)11-6-14-15(7-12(11)16)20-4-2-3-19-14/h6-7,10,13H,2-5,8-9,17H2,1H3. The lowest BCUT2D eigenvalue weighted by molar-refractivity contribution is 0.296. The van der Waals surface area contributed by atoms with E-state index in [1.807, 2.05) is 6.07 Å². The molecule has 1 saturated heterocycles. The number of benzene rings is 1. The Morgan fingerprint density at radius 3 is 2.65 bits per heavy atom. The molecule has 1 aromatic rings.